The average Bonchev–Trinajstić information content (AvgIpc) is 3.04. The fourth-order valence-electron chi connectivity index (χ4n) is 3.13. The number of nitrogens with one attached hydrogen (secondary N) is 1. The van der Waals surface area contributed by atoms with Crippen LogP contribution in [-0.2, 0) is 17.1 Å². The van der Waals surface area contributed by atoms with E-state index in [0.717, 1.165) is 30.5 Å². The first-order chi connectivity index (χ1) is 10.4. The van der Waals surface area contributed by atoms with Gasteiger partial charge in [-0.2, -0.15) is 14.5 Å². The van der Waals surface area contributed by atoms with Gasteiger partial charge < -0.3 is 0 Å². The van der Waals surface area contributed by atoms with Crippen molar-refractivity contribution in [3.63, 3.8) is 0 Å². The molecule has 120 valence electrons. The number of aromatic amines is 1. The van der Waals surface area contributed by atoms with Crippen LogP contribution in [0.5, 0.6) is 0 Å². The molecule has 0 aromatic carbocycles. The van der Waals surface area contributed by atoms with Crippen LogP contribution in [0.25, 0.3) is 0 Å². The molecular formula is C14H21N5O2S. The van der Waals surface area contributed by atoms with Gasteiger partial charge in [-0.25, -0.2) is 8.42 Å². The summed E-state index contributed by atoms with van der Waals surface area (Å²) < 4.78 is 29.3. The number of nitrogens with zero attached hydrogens (tertiary/aromatic N) is 4. The van der Waals surface area contributed by atoms with Gasteiger partial charge in [0.25, 0.3) is 0 Å². The van der Waals surface area contributed by atoms with Crippen molar-refractivity contribution in [2.75, 3.05) is 6.54 Å². The topological polar surface area (TPSA) is 83.9 Å². The fourth-order valence-corrected chi connectivity index (χ4v) is 5.00. The lowest BCUT2D eigenvalue weighted by Crippen LogP contribution is -2.39. The standard InChI is InChI=1S/C14H21N5O2S/c1-10-8-15-16-14(10)12-6-4-5-7-19(12)22(20,21)13-9-18(3)17-11(13)2/h8-9,12H,4-7H2,1-3H3,(H,15,16)/t12-/m1/s1. The smallest absolute Gasteiger partial charge is 0.247 e. The maximum Gasteiger partial charge on any atom is 0.247 e. The Morgan fingerprint density at radius 1 is 1.32 bits per heavy atom. The van der Waals surface area contributed by atoms with Gasteiger partial charge in [-0.3, -0.25) is 9.78 Å². The molecule has 0 saturated carbocycles. The van der Waals surface area contributed by atoms with Crippen molar-refractivity contribution in [1.82, 2.24) is 24.3 Å². The lowest BCUT2D eigenvalue weighted by Gasteiger charge is -2.34. The summed E-state index contributed by atoms with van der Waals surface area (Å²) in [5.74, 6) is 0. The monoisotopic (exact) mass is 323 g/mol. The first-order valence-electron chi connectivity index (χ1n) is 7.43. The number of hydrogen-bond acceptors (Lipinski definition) is 4. The number of aryl methyl sites for hydroxylation is 3. The molecule has 0 unspecified atom stereocenters. The summed E-state index contributed by atoms with van der Waals surface area (Å²) in [5.41, 5.74) is 2.42. The summed E-state index contributed by atoms with van der Waals surface area (Å²) in [7, 11) is -1.83. The minimum absolute atomic E-state index is 0.180. The molecule has 0 spiro atoms. The van der Waals surface area contributed by atoms with Crippen LogP contribution in [0.2, 0.25) is 0 Å². The maximum atomic E-state index is 13.1. The molecule has 8 heteroatoms. The van der Waals surface area contributed by atoms with Crippen molar-refractivity contribution in [3.05, 3.63) is 29.3 Å². The minimum atomic E-state index is -3.56. The lowest BCUT2D eigenvalue weighted by atomic mass is 10.00. The van der Waals surface area contributed by atoms with Crippen molar-refractivity contribution in [2.45, 2.75) is 44.0 Å². The van der Waals surface area contributed by atoms with E-state index in [-0.39, 0.29) is 6.04 Å². The van der Waals surface area contributed by atoms with E-state index < -0.39 is 10.0 Å². The second-order valence-corrected chi connectivity index (χ2v) is 7.71. The number of hydrogen-bond donors (Lipinski definition) is 1. The highest BCUT2D eigenvalue weighted by Crippen LogP contribution is 2.36. The van der Waals surface area contributed by atoms with E-state index in [1.165, 1.54) is 0 Å². The summed E-state index contributed by atoms with van der Waals surface area (Å²) in [6, 6.07) is -0.180. The second-order valence-electron chi connectivity index (χ2n) is 5.85. The van der Waals surface area contributed by atoms with Gasteiger partial charge in [0.15, 0.2) is 0 Å². The van der Waals surface area contributed by atoms with Crippen molar-refractivity contribution >= 4 is 10.0 Å². The van der Waals surface area contributed by atoms with Crippen molar-refractivity contribution < 1.29 is 8.42 Å². The Kier molecular flexibility index (Phi) is 3.82. The number of aromatic nitrogens is 4. The van der Waals surface area contributed by atoms with Gasteiger partial charge in [-0.1, -0.05) is 6.42 Å². The van der Waals surface area contributed by atoms with E-state index >= 15 is 0 Å². The SMILES string of the molecule is Cc1cn[nH]c1[C@H]1CCCCN1S(=O)(=O)c1cn(C)nc1C. The first kappa shape index (κ1) is 15.2. The number of piperidine rings is 1. The normalized spacial score (nSPS) is 20.4. The summed E-state index contributed by atoms with van der Waals surface area (Å²) in [5, 5.41) is 11.2. The molecule has 1 N–H and O–H groups in total. The maximum absolute atomic E-state index is 13.1. The molecule has 2 aromatic rings. The van der Waals surface area contributed by atoms with Gasteiger partial charge in [0, 0.05) is 19.8 Å². The second kappa shape index (κ2) is 5.51. The molecular weight excluding hydrogens is 302 g/mol. The minimum Gasteiger partial charge on any atom is -0.281 e. The van der Waals surface area contributed by atoms with E-state index in [1.807, 2.05) is 6.92 Å². The Labute approximate surface area is 130 Å². The molecule has 3 rings (SSSR count). The summed E-state index contributed by atoms with van der Waals surface area (Å²) in [6.45, 7) is 4.21. The molecule has 0 aliphatic carbocycles. The van der Waals surface area contributed by atoms with E-state index in [4.69, 9.17) is 0 Å². The first-order valence-corrected chi connectivity index (χ1v) is 8.87. The van der Waals surface area contributed by atoms with E-state index in [1.54, 1.807) is 35.4 Å². The van der Waals surface area contributed by atoms with Gasteiger partial charge >= 0.3 is 0 Å². The molecule has 1 aliphatic heterocycles. The zero-order chi connectivity index (χ0) is 15.9. The molecule has 22 heavy (non-hydrogen) atoms. The Bertz CT molecular complexity index is 777. The van der Waals surface area contributed by atoms with Crippen LogP contribution in [0.15, 0.2) is 17.3 Å². The van der Waals surface area contributed by atoms with E-state index in [9.17, 15) is 8.42 Å². The van der Waals surface area contributed by atoms with Gasteiger partial charge in [-0.15, -0.1) is 0 Å². The van der Waals surface area contributed by atoms with Gasteiger partial charge in [0.2, 0.25) is 10.0 Å². The Morgan fingerprint density at radius 3 is 2.68 bits per heavy atom. The third-order valence-electron chi connectivity index (χ3n) is 4.21. The molecule has 0 bridgehead atoms. The molecule has 0 radical (unpaired) electrons. The Balaban J connectivity index is 2.04. The largest absolute Gasteiger partial charge is 0.281 e. The van der Waals surface area contributed by atoms with Crippen LogP contribution in [0.4, 0.5) is 0 Å². The van der Waals surface area contributed by atoms with Crippen LogP contribution in [0.3, 0.4) is 0 Å². The molecule has 2 aromatic heterocycles. The van der Waals surface area contributed by atoms with Gasteiger partial charge in [0.1, 0.15) is 4.90 Å². The molecule has 1 aliphatic rings. The van der Waals surface area contributed by atoms with Gasteiger partial charge in [0.05, 0.1) is 23.6 Å². The van der Waals surface area contributed by atoms with Crippen LogP contribution in [0.1, 0.15) is 42.3 Å². The molecule has 1 atom stereocenters. The molecule has 1 saturated heterocycles. The van der Waals surface area contributed by atoms with Crippen molar-refractivity contribution in [2.24, 2.45) is 7.05 Å². The number of rotatable bonds is 3. The zero-order valence-electron chi connectivity index (χ0n) is 13.1. The summed E-state index contributed by atoms with van der Waals surface area (Å²) >= 11 is 0. The fraction of sp³-hybridized carbons (Fsp3) is 0.571. The van der Waals surface area contributed by atoms with Crippen LogP contribution >= 0.6 is 0 Å². The Hall–Kier alpha value is -1.67. The predicted octanol–water partition coefficient (Wildman–Crippen LogP) is 1.68. The highest BCUT2D eigenvalue weighted by molar-refractivity contribution is 7.89. The summed E-state index contributed by atoms with van der Waals surface area (Å²) in [6.07, 6.45) is 6.02. The third-order valence-corrected chi connectivity index (χ3v) is 6.22. The molecule has 0 amide bonds. The average molecular weight is 323 g/mol. The third kappa shape index (κ3) is 2.46. The van der Waals surface area contributed by atoms with Crippen LogP contribution < -0.4 is 0 Å². The zero-order valence-corrected chi connectivity index (χ0v) is 13.9. The van der Waals surface area contributed by atoms with Crippen molar-refractivity contribution in [1.29, 1.82) is 0 Å². The van der Waals surface area contributed by atoms with Crippen molar-refractivity contribution in [3.8, 4) is 0 Å². The van der Waals surface area contributed by atoms with Gasteiger partial charge in [-0.05, 0) is 32.3 Å². The highest BCUT2D eigenvalue weighted by atomic mass is 32.2. The summed E-state index contributed by atoms with van der Waals surface area (Å²) in [4.78, 5) is 0.291. The van der Waals surface area contributed by atoms with E-state index in [2.05, 4.69) is 15.3 Å². The predicted molar refractivity (Wildman–Crippen MR) is 81.8 cm³/mol. The molecule has 1 fully saturated rings. The quantitative estimate of drug-likeness (QED) is 0.931. The van der Waals surface area contributed by atoms with Crippen LogP contribution in [-0.4, -0.2) is 39.2 Å². The molecule has 3 heterocycles. The van der Waals surface area contributed by atoms with Crippen LogP contribution in [0, 0.1) is 13.8 Å². The number of sulfonamides is 1. The highest BCUT2D eigenvalue weighted by Gasteiger charge is 2.37. The molecule has 7 nitrogen and oxygen atoms in total. The van der Waals surface area contributed by atoms with E-state index in [0.29, 0.717) is 17.1 Å². The number of H-pyrrole nitrogens is 1. The lowest BCUT2D eigenvalue weighted by molar-refractivity contribution is 0.250. The Morgan fingerprint density at radius 2 is 2.09 bits per heavy atom.